The van der Waals surface area contributed by atoms with Crippen LogP contribution in [-0.2, 0) is 9.84 Å². The Balaban J connectivity index is 2.26. The maximum Gasteiger partial charge on any atom is 0.256 e. The zero-order chi connectivity index (χ0) is 15.5. The minimum Gasteiger partial charge on any atom is -0.320 e. The second-order valence-electron chi connectivity index (χ2n) is 4.56. The van der Waals surface area contributed by atoms with E-state index in [2.05, 4.69) is 10.4 Å². The van der Waals surface area contributed by atoms with Gasteiger partial charge in [-0.1, -0.05) is 6.92 Å². The predicted molar refractivity (Wildman–Crippen MR) is 83.7 cm³/mol. The summed E-state index contributed by atoms with van der Waals surface area (Å²) in [5.74, 6) is 6.53. The van der Waals surface area contributed by atoms with Gasteiger partial charge in [0.1, 0.15) is 11.2 Å². The molecule has 1 amide bonds. The van der Waals surface area contributed by atoms with Crippen LogP contribution in [0.15, 0.2) is 18.3 Å². The molecule has 21 heavy (non-hydrogen) atoms. The van der Waals surface area contributed by atoms with Crippen LogP contribution in [0.5, 0.6) is 0 Å². The Morgan fingerprint density at radius 1 is 1.57 bits per heavy atom. The quantitative estimate of drug-likeness (QED) is 0.605. The lowest BCUT2D eigenvalue weighted by molar-refractivity contribution is 0.0749. The number of hydrogen-bond acceptors (Lipinski definition) is 7. The van der Waals surface area contributed by atoms with Crippen molar-refractivity contribution in [2.24, 2.45) is 5.84 Å². The van der Waals surface area contributed by atoms with Crippen LogP contribution in [0.2, 0.25) is 0 Å². The average molecular weight is 330 g/mol. The van der Waals surface area contributed by atoms with Gasteiger partial charge in [0.2, 0.25) is 0 Å². The third kappa shape index (κ3) is 3.47. The van der Waals surface area contributed by atoms with Crippen molar-refractivity contribution in [1.82, 2.24) is 9.88 Å². The average Bonchev–Trinajstić information content (AvgIpc) is 2.54. The molecule has 1 unspecified atom stereocenters. The SMILES string of the molecule is CCS(=O)(=O)C1CSCCN1C(=O)c1ccc(NN)nc1. The number of nitrogens with zero attached hydrogens (tertiary/aromatic N) is 2. The second kappa shape index (κ2) is 6.63. The van der Waals surface area contributed by atoms with Gasteiger partial charge in [-0.2, -0.15) is 11.8 Å². The third-order valence-electron chi connectivity index (χ3n) is 3.32. The maximum atomic E-state index is 12.5. The number of sulfone groups is 1. The summed E-state index contributed by atoms with van der Waals surface area (Å²) in [7, 11) is -3.30. The highest BCUT2D eigenvalue weighted by Gasteiger charge is 2.36. The lowest BCUT2D eigenvalue weighted by Gasteiger charge is -2.34. The Labute approximate surface area is 128 Å². The zero-order valence-corrected chi connectivity index (χ0v) is 13.3. The van der Waals surface area contributed by atoms with E-state index in [1.807, 2.05) is 0 Å². The fourth-order valence-electron chi connectivity index (χ4n) is 2.07. The number of carbonyl (C=O) groups is 1. The fraction of sp³-hybridized carbons (Fsp3) is 0.500. The van der Waals surface area contributed by atoms with E-state index in [-0.39, 0.29) is 11.7 Å². The number of aromatic nitrogens is 1. The first-order chi connectivity index (χ1) is 9.99. The summed E-state index contributed by atoms with van der Waals surface area (Å²) in [6, 6.07) is 3.16. The fourth-order valence-corrected chi connectivity index (χ4v) is 5.04. The van der Waals surface area contributed by atoms with Crippen molar-refractivity contribution in [3.63, 3.8) is 0 Å². The first kappa shape index (κ1) is 16.1. The molecule has 0 aromatic carbocycles. The normalized spacial score (nSPS) is 19.3. The van der Waals surface area contributed by atoms with E-state index in [9.17, 15) is 13.2 Å². The van der Waals surface area contributed by atoms with Crippen molar-refractivity contribution >= 4 is 33.3 Å². The number of nitrogens with one attached hydrogen (secondary N) is 1. The lowest BCUT2D eigenvalue weighted by Crippen LogP contribution is -2.50. The molecule has 2 rings (SSSR count). The molecule has 1 aliphatic heterocycles. The molecule has 3 N–H and O–H groups in total. The minimum atomic E-state index is -3.30. The van der Waals surface area contributed by atoms with E-state index in [4.69, 9.17) is 5.84 Å². The highest BCUT2D eigenvalue weighted by molar-refractivity contribution is 8.01. The highest BCUT2D eigenvalue weighted by Crippen LogP contribution is 2.23. The topological polar surface area (TPSA) is 105 Å². The minimum absolute atomic E-state index is 0.0241. The summed E-state index contributed by atoms with van der Waals surface area (Å²) >= 11 is 1.55. The molecule has 0 saturated carbocycles. The van der Waals surface area contributed by atoms with Gasteiger partial charge >= 0.3 is 0 Å². The summed E-state index contributed by atoms with van der Waals surface area (Å²) in [6.07, 6.45) is 1.40. The molecule has 2 heterocycles. The number of nitrogen functional groups attached to an aromatic ring is 1. The Bertz CT molecular complexity index is 603. The maximum absolute atomic E-state index is 12.5. The van der Waals surface area contributed by atoms with E-state index >= 15 is 0 Å². The van der Waals surface area contributed by atoms with Gasteiger partial charge in [-0.25, -0.2) is 19.2 Å². The van der Waals surface area contributed by atoms with Gasteiger partial charge < -0.3 is 10.3 Å². The Morgan fingerprint density at radius 3 is 2.90 bits per heavy atom. The zero-order valence-electron chi connectivity index (χ0n) is 11.7. The van der Waals surface area contributed by atoms with E-state index < -0.39 is 15.2 Å². The highest BCUT2D eigenvalue weighted by atomic mass is 32.2. The number of rotatable bonds is 4. The van der Waals surface area contributed by atoms with Crippen LogP contribution in [-0.4, -0.2) is 53.4 Å². The van der Waals surface area contributed by atoms with Gasteiger partial charge in [-0.3, -0.25) is 4.79 Å². The molecule has 1 fully saturated rings. The second-order valence-corrected chi connectivity index (χ2v) is 8.15. The molecule has 1 atom stereocenters. The molecular weight excluding hydrogens is 312 g/mol. The van der Waals surface area contributed by atoms with Gasteiger partial charge in [0, 0.05) is 30.0 Å². The van der Waals surface area contributed by atoms with Gasteiger partial charge in [-0.15, -0.1) is 0 Å². The van der Waals surface area contributed by atoms with E-state index in [1.54, 1.807) is 30.8 Å². The van der Waals surface area contributed by atoms with Crippen LogP contribution in [0.4, 0.5) is 5.82 Å². The van der Waals surface area contributed by atoms with Crippen LogP contribution in [0.25, 0.3) is 0 Å². The molecular formula is C12H18N4O3S2. The summed E-state index contributed by atoms with van der Waals surface area (Å²) < 4.78 is 24.3. The summed E-state index contributed by atoms with van der Waals surface area (Å²) in [4.78, 5) is 17.9. The Morgan fingerprint density at radius 2 is 2.33 bits per heavy atom. The molecule has 1 aromatic rings. The molecule has 9 heteroatoms. The summed E-state index contributed by atoms with van der Waals surface area (Å²) in [6.45, 7) is 2.02. The van der Waals surface area contributed by atoms with Gasteiger partial charge in [-0.05, 0) is 12.1 Å². The molecule has 116 valence electrons. The van der Waals surface area contributed by atoms with Crippen molar-refractivity contribution in [1.29, 1.82) is 0 Å². The van der Waals surface area contributed by atoms with Crippen LogP contribution >= 0.6 is 11.8 Å². The predicted octanol–water partition coefficient (Wildman–Crippen LogP) is 0.317. The van der Waals surface area contributed by atoms with Crippen molar-refractivity contribution in [2.45, 2.75) is 12.3 Å². The van der Waals surface area contributed by atoms with Crippen molar-refractivity contribution in [3.8, 4) is 0 Å². The molecule has 0 bridgehead atoms. The largest absolute Gasteiger partial charge is 0.320 e. The lowest BCUT2D eigenvalue weighted by atomic mass is 10.2. The number of anilines is 1. The molecule has 0 radical (unpaired) electrons. The monoisotopic (exact) mass is 330 g/mol. The number of amides is 1. The summed E-state index contributed by atoms with van der Waals surface area (Å²) in [5, 5.41) is -0.763. The molecule has 0 spiro atoms. The Kier molecular flexibility index (Phi) is 5.07. The number of nitrogens with two attached hydrogens (primary N) is 1. The number of pyridine rings is 1. The molecule has 0 aliphatic carbocycles. The molecule has 1 saturated heterocycles. The van der Waals surface area contributed by atoms with Gasteiger partial charge in [0.05, 0.1) is 5.56 Å². The van der Waals surface area contributed by atoms with E-state index in [0.29, 0.717) is 23.7 Å². The van der Waals surface area contributed by atoms with Crippen LogP contribution in [0.1, 0.15) is 17.3 Å². The first-order valence-corrected chi connectivity index (χ1v) is 9.39. The first-order valence-electron chi connectivity index (χ1n) is 6.52. The van der Waals surface area contributed by atoms with Crippen molar-refractivity contribution in [2.75, 3.05) is 29.2 Å². The number of hydrogen-bond donors (Lipinski definition) is 2. The Hall–Kier alpha value is -1.32. The van der Waals surface area contributed by atoms with Gasteiger partial charge in [0.25, 0.3) is 5.91 Å². The van der Waals surface area contributed by atoms with E-state index in [1.165, 1.54) is 11.1 Å². The smallest absolute Gasteiger partial charge is 0.256 e. The van der Waals surface area contributed by atoms with Crippen LogP contribution in [0, 0.1) is 0 Å². The molecule has 1 aliphatic rings. The molecule has 1 aromatic heterocycles. The van der Waals surface area contributed by atoms with Crippen LogP contribution < -0.4 is 11.3 Å². The number of hydrazine groups is 1. The van der Waals surface area contributed by atoms with Crippen molar-refractivity contribution < 1.29 is 13.2 Å². The standard InChI is InChI=1S/C12H18N4O3S2/c1-2-21(18,19)11-8-20-6-5-16(11)12(17)9-3-4-10(15-13)14-7-9/h3-4,7,11H,2,5-6,8,13H2,1H3,(H,14,15). The number of carbonyl (C=O) groups excluding carboxylic acids is 1. The number of thioether (sulfide) groups is 1. The summed E-state index contributed by atoms with van der Waals surface area (Å²) in [5.41, 5.74) is 2.74. The molecule has 7 nitrogen and oxygen atoms in total. The van der Waals surface area contributed by atoms with Crippen LogP contribution in [0.3, 0.4) is 0 Å². The van der Waals surface area contributed by atoms with Crippen molar-refractivity contribution in [3.05, 3.63) is 23.9 Å². The van der Waals surface area contributed by atoms with E-state index in [0.717, 1.165) is 5.75 Å². The third-order valence-corrected chi connectivity index (χ3v) is 6.61. The van der Waals surface area contributed by atoms with Gasteiger partial charge in [0.15, 0.2) is 9.84 Å².